The Balaban J connectivity index is 2.92. The van der Waals surface area contributed by atoms with Crippen molar-refractivity contribution in [3.63, 3.8) is 0 Å². The van der Waals surface area contributed by atoms with Crippen LogP contribution in [0.5, 0.6) is 0 Å². The first-order valence-corrected chi connectivity index (χ1v) is 4.31. The van der Waals surface area contributed by atoms with Crippen LogP contribution in [-0.2, 0) is 6.42 Å². The summed E-state index contributed by atoms with van der Waals surface area (Å²) in [5.74, 6) is -0.184. The van der Waals surface area contributed by atoms with Gasteiger partial charge in [0.15, 0.2) is 0 Å². The van der Waals surface area contributed by atoms with Gasteiger partial charge in [0.2, 0.25) is 0 Å². The lowest BCUT2D eigenvalue weighted by Gasteiger charge is -2.13. The minimum Gasteiger partial charge on any atom is -0.375 e. The first-order chi connectivity index (χ1) is 6.15. The van der Waals surface area contributed by atoms with Gasteiger partial charge in [0.05, 0.1) is 5.69 Å². The van der Waals surface area contributed by atoms with Gasteiger partial charge in [-0.05, 0) is 30.7 Å². The SMILES string of the molecule is CN(C)c1ccc(CCN)cc1F. The molecule has 0 atom stereocenters. The molecule has 0 bridgehead atoms. The molecule has 2 N–H and O–H groups in total. The third kappa shape index (κ3) is 2.42. The van der Waals surface area contributed by atoms with E-state index >= 15 is 0 Å². The molecule has 0 aliphatic carbocycles. The molecule has 0 unspecified atom stereocenters. The Morgan fingerprint density at radius 1 is 1.38 bits per heavy atom. The molecule has 1 aromatic carbocycles. The lowest BCUT2D eigenvalue weighted by atomic mass is 10.1. The summed E-state index contributed by atoms with van der Waals surface area (Å²) in [6.45, 7) is 0.556. The minimum absolute atomic E-state index is 0.184. The smallest absolute Gasteiger partial charge is 0.146 e. The second kappa shape index (κ2) is 4.23. The molecule has 1 aromatic rings. The van der Waals surface area contributed by atoms with Crippen molar-refractivity contribution in [3.05, 3.63) is 29.6 Å². The molecule has 0 saturated carbocycles. The van der Waals surface area contributed by atoms with Crippen LogP contribution in [0.1, 0.15) is 5.56 Å². The van der Waals surface area contributed by atoms with Gasteiger partial charge in [0, 0.05) is 14.1 Å². The van der Waals surface area contributed by atoms with Crippen molar-refractivity contribution in [2.45, 2.75) is 6.42 Å². The van der Waals surface area contributed by atoms with E-state index in [1.165, 1.54) is 0 Å². The van der Waals surface area contributed by atoms with Gasteiger partial charge >= 0.3 is 0 Å². The van der Waals surface area contributed by atoms with Gasteiger partial charge < -0.3 is 10.6 Å². The van der Waals surface area contributed by atoms with E-state index in [0.717, 1.165) is 12.0 Å². The standard InChI is InChI=1S/C10H15FN2/c1-13(2)10-4-3-8(5-6-12)7-9(10)11/h3-4,7H,5-6,12H2,1-2H3. The Bertz CT molecular complexity index is 284. The summed E-state index contributed by atoms with van der Waals surface area (Å²) in [6, 6.07) is 5.23. The zero-order valence-corrected chi connectivity index (χ0v) is 8.05. The van der Waals surface area contributed by atoms with E-state index in [0.29, 0.717) is 12.2 Å². The van der Waals surface area contributed by atoms with E-state index < -0.39 is 0 Å². The molecule has 72 valence electrons. The average molecular weight is 182 g/mol. The van der Waals surface area contributed by atoms with Crippen molar-refractivity contribution in [3.8, 4) is 0 Å². The van der Waals surface area contributed by atoms with Crippen LogP contribution in [-0.4, -0.2) is 20.6 Å². The molecule has 0 saturated heterocycles. The lowest BCUT2D eigenvalue weighted by molar-refractivity contribution is 0.623. The van der Waals surface area contributed by atoms with E-state index in [4.69, 9.17) is 5.73 Å². The van der Waals surface area contributed by atoms with Crippen molar-refractivity contribution in [1.29, 1.82) is 0 Å². The van der Waals surface area contributed by atoms with Gasteiger partial charge in [-0.15, -0.1) is 0 Å². The van der Waals surface area contributed by atoms with Crippen LogP contribution in [0.2, 0.25) is 0 Å². The summed E-state index contributed by atoms with van der Waals surface area (Å²) in [5.41, 5.74) is 6.94. The predicted octanol–water partition coefficient (Wildman–Crippen LogP) is 1.39. The summed E-state index contributed by atoms with van der Waals surface area (Å²) in [4.78, 5) is 1.75. The summed E-state index contributed by atoms with van der Waals surface area (Å²) in [5, 5.41) is 0. The summed E-state index contributed by atoms with van der Waals surface area (Å²) < 4.78 is 13.3. The Labute approximate surface area is 78.2 Å². The molecular formula is C10H15FN2. The largest absolute Gasteiger partial charge is 0.375 e. The molecule has 13 heavy (non-hydrogen) atoms. The van der Waals surface area contributed by atoms with Gasteiger partial charge in [-0.2, -0.15) is 0 Å². The van der Waals surface area contributed by atoms with Crippen LogP contribution in [0.15, 0.2) is 18.2 Å². The maximum absolute atomic E-state index is 13.3. The zero-order chi connectivity index (χ0) is 9.84. The van der Waals surface area contributed by atoms with E-state index in [-0.39, 0.29) is 5.82 Å². The van der Waals surface area contributed by atoms with Gasteiger partial charge in [0.25, 0.3) is 0 Å². The molecule has 0 spiro atoms. The number of hydrogen-bond acceptors (Lipinski definition) is 2. The first-order valence-electron chi connectivity index (χ1n) is 4.31. The molecule has 2 nitrogen and oxygen atoms in total. The molecule has 0 aliphatic heterocycles. The second-order valence-electron chi connectivity index (χ2n) is 3.22. The van der Waals surface area contributed by atoms with Crippen molar-refractivity contribution in [2.75, 3.05) is 25.5 Å². The number of hydrogen-bond donors (Lipinski definition) is 1. The van der Waals surface area contributed by atoms with E-state index in [1.54, 1.807) is 17.0 Å². The second-order valence-corrected chi connectivity index (χ2v) is 3.22. The Kier molecular flexibility index (Phi) is 3.25. The highest BCUT2D eigenvalue weighted by Gasteiger charge is 2.04. The highest BCUT2D eigenvalue weighted by molar-refractivity contribution is 5.47. The van der Waals surface area contributed by atoms with Gasteiger partial charge in [-0.25, -0.2) is 4.39 Å². The Morgan fingerprint density at radius 3 is 2.54 bits per heavy atom. The minimum atomic E-state index is -0.184. The van der Waals surface area contributed by atoms with Crippen LogP contribution in [0, 0.1) is 5.82 Å². The number of benzene rings is 1. The number of rotatable bonds is 3. The maximum Gasteiger partial charge on any atom is 0.146 e. The summed E-state index contributed by atoms with van der Waals surface area (Å²) >= 11 is 0. The monoisotopic (exact) mass is 182 g/mol. The lowest BCUT2D eigenvalue weighted by Crippen LogP contribution is -2.11. The molecule has 0 amide bonds. The van der Waals surface area contributed by atoms with Gasteiger partial charge in [-0.1, -0.05) is 6.07 Å². The van der Waals surface area contributed by atoms with E-state index in [1.807, 2.05) is 20.2 Å². The number of nitrogens with zero attached hydrogens (tertiary/aromatic N) is 1. The molecule has 3 heteroatoms. The van der Waals surface area contributed by atoms with Gasteiger partial charge in [-0.3, -0.25) is 0 Å². The van der Waals surface area contributed by atoms with E-state index in [9.17, 15) is 4.39 Å². The van der Waals surface area contributed by atoms with Crippen molar-refractivity contribution in [1.82, 2.24) is 0 Å². The van der Waals surface area contributed by atoms with Crippen LogP contribution >= 0.6 is 0 Å². The number of halogens is 1. The predicted molar refractivity (Wildman–Crippen MR) is 53.5 cm³/mol. The maximum atomic E-state index is 13.3. The fourth-order valence-corrected chi connectivity index (χ4v) is 1.24. The van der Waals surface area contributed by atoms with Crippen molar-refractivity contribution >= 4 is 5.69 Å². The van der Waals surface area contributed by atoms with Crippen LogP contribution in [0.4, 0.5) is 10.1 Å². The zero-order valence-electron chi connectivity index (χ0n) is 8.05. The normalized spacial score (nSPS) is 10.2. The van der Waals surface area contributed by atoms with Gasteiger partial charge in [0.1, 0.15) is 5.82 Å². The highest BCUT2D eigenvalue weighted by Crippen LogP contribution is 2.18. The van der Waals surface area contributed by atoms with Crippen LogP contribution < -0.4 is 10.6 Å². The summed E-state index contributed by atoms with van der Waals surface area (Å²) in [6.07, 6.45) is 0.727. The quantitative estimate of drug-likeness (QED) is 0.765. The fraction of sp³-hybridized carbons (Fsp3) is 0.400. The first kappa shape index (κ1) is 9.99. The average Bonchev–Trinajstić information content (AvgIpc) is 2.04. The third-order valence-electron chi connectivity index (χ3n) is 1.93. The van der Waals surface area contributed by atoms with Crippen LogP contribution in [0.25, 0.3) is 0 Å². The van der Waals surface area contributed by atoms with E-state index in [2.05, 4.69) is 0 Å². The molecule has 0 fully saturated rings. The van der Waals surface area contributed by atoms with Crippen LogP contribution in [0.3, 0.4) is 0 Å². The Hall–Kier alpha value is -1.09. The molecule has 1 rings (SSSR count). The summed E-state index contributed by atoms with van der Waals surface area (Å²) in [7, 11) is 3.64. The molecule has 0 radical (unpaired) electrons. The third-order valence-corrected chi connectivity index (χ3v) is 1.93. The topological polar surface area (TPSA) is 29.3 Å². The fourth-order valence-electron chi connectivity index (χ4n) is 1.24. The van der Waals surface area contributed by atoms with Crippen molar-refractivity contribution < 1.29 is 4.39 Å². The highest BCUT2D eigenvalue weighted by atomic mass is 19.1. The molecular weight excluding hydrogens is 167 g/mol. The molecule has 0 aliphatic rings. The molecule has 0 heterocycles. The molecule has 0 aromatic heterocycles. The van der Waals surface area contributed by atoms with Crippen molar-refractivity contribution in [2.24, 2.45) is 5.73 Å². The number of anilines is 1. The Morgan fingerprint density at radius 2 is 2.08 bits per heavy atom. The number of nitrogens with two attached hydrogens (primary N) is 1.